The van der Waals surface area contributed by atoms with Crippen LogP contribution in [-0.2, 0) is 0 Å². The zero-order chi connectivity index (χ0) is 23.2. The summed E-state index contributed by atoms with van der Waals surface area (Å²) in [5, 5.41) is 35.6. The first-order valence-corrected chi connectivity index (χ1v) is 11.5. The second kappa shape index (κ2) is 10.1. The molecule has 11 nitrogen and oxygen atoms in total. The number of rotatable bonds is 6. The second-order valence-electron chi connectivity index (χ2n) is 7.03. The van der Waals surface area contributed by atoms with E-state index in [2.05, 4.69) is 47.7 Å². The molecule has 4 rings (SSSR count). The van der Waals surface area contributed by atoms with E-state index in [1.807, 2.05) is 25.6 Å². The molecule has 1 N–H and O–H groups in total. The Hall–Kier alpha value is -4.03. The van der Waals surface area contributed by atoms with Gasteiger partial charge in [0, 0.05) is 49.1 Å². The van der Waals surface area contributed by atoms with Gasteiger partial charge in [-0.1, -0.05) is 0 Å². The molecule has 0 spiro atoms. The number of pyridine rings is 1. The lowest BCUT2D eigenvalue weighted by Crippen LogP contribution is -2.34. The van der Waals surface area contributed by atoms with Gasteiger partial charge in [-0.3, -0.25) is 0 Å². The number of aromatic nitrogens is 5. The minimum atomic E-state index is 0.196. The smallest absolute Gasteiger partial charge is 0.252 e. The molecule has 1 saturated heterocycles. The quantitative estimate of drug-likeness (QED) is 0.547. The molecule has 12 heteroatoms. The third-order valence-corrected chi connectivity index (χ3v) is 5.96. The van der Waals surface area contributed by atoms with Crippen molar-refractivity contribution >= 4 is 34.9 Å². The monoisotopic (exact) mass is 459 g/mol. The molecule has 0 aliphatic carbocycles. The van der Waals surface area contributed by atoms with E-state index in [4.69, 9.17) is 4.98 Å². The Labute approximate surface area is 195 Å². The molecule has 3 aromatic rings. The third-order valence-electron chi connectivity index (χ3n) is 5.01. The normalized spacial score (nSPS) is 13.6. The maximum absolute atomic E-state index is 9.91. The highest BCUT2D eigenvalue weighted by Gasteiger charge is 2.23. The van der Waals surface area contributed by atoms with Crippen LogP contribution in [0.2, 0.25) is 0 Å². The molecule has 0 unspecified atom stereocenters. The fraction of sp³-hybridized carbons (Fsp3) is 0.333. The highest BCUT2D eigenvalue weighted by molar-refractivity contribution is 7.99. The Morgan fingerprint density at radius 3 is 2.58 bits per heavy atom. The molecule has 1 fully saturated rings. The van der Waals surface area contributed by atoms with Gasteiger partial charge in [-0.2, -0.15) is 32.1 Å². The average Bonchev–Trinajstić information content (AvgIpc) is 3.27. The summed E-state index contributed by atoms with van der Waals surface area (Å²) >= 11 is 1.89. The highest BCUT2D eigenvalue weighted by Crippen LogP contribution is 2.37. The molecule has 1 aliphatic rings. The minimum absolute atomic E-state index is 0.196. The Bertz CT molecular complexity index is 1250. The van der Waals surface area contributed by atoms with Crippen molar-refractivity contribution in [1.29, 1.82) is 10.5 Å². The number of anilines is 2. The molecule has 166 valence electrons. The molecule has 0 bridgehead atoms. The van der Waals surface area contributed by atoms with Crippen molar-refractivity contribution < 1.29 is 0 Å². The molecule has 0 amide bonds. The number of nitriles is 2. The molecule has 4 heterocycles. The summed E-state index contributed by atoms with van der Waals surface area (Å²) in [6.45, 7) is 6.08. The Balaban J connectivity index is 1.81. The molecular formula is C21H21N11S. The van der Waals surface area contributed by atoms with Crippen molar-refractivity contribution in [3.8, 4) is 18.1 Å². The van der Waals surface area contributed by atoms with Crippen LogP contribution in [0, 0.1) is 29.6 Å². The van der Waals surface area contributed by atoms with Crippen LogP contribution in [0.25, 0.3) is 5.95 Å². The van der Waals surface area contributed by atoms with Gasteiger partial charge >= 0.3 is 0 Å². The first-order valence-electron chi connectivity index (χ1n) is 10.4. The van der Waals surface area contributed by atoms with Gasteiger partial charge in [0.05, 0.1) is 11.8 Å². The summed E-state index contributed by atoms with van der Waals surface area (Å²) in [5.74, 6) is 3.64. The second-order valence-corrected chi connectivity index (χ2v) is 8.25. The van der Waals surface area contributed by atoms with E-state index in [0.717, 1.165) is 24.6 Å². The largest absolute Gasteiger partial charge is 0.368 e. The van der Waals surface area contributed by atoms with Crippen LogP contribution in [-0.4, -0.2) is 55.9 Å². The topological polar surface area (TPSA) is 144 Å². The van der Waals surface area contributed by atoms with Crippen LogP contribution in [0.5, 0.6) is 0 Å². The van der Waals surface area contributed by atoms with Gasteiger partial charge in [0.15, 0.2) is 11.6 Å². The van der Waals surface area contributed by atoms with Gasteiger partial charge in [0.1, 0.15) is 29.2 Å². The Morgan fingerprint density at radius 1 is 1.15 bits per heavy atom. The van der Waals surface area contributed by atoms with E-state index in [0.29, 0.717) is 35.0 Å². The van der Waals surface area contributed by atoms with Gasteiger partial charge in [-0.15, -0.1) is 10.2 Å². The predicted molar refractivity (Wildman–Crippen MR) is 125 cm³/mol. The van der Waals surface area contributed by atoms with Crippen molar-refractivity contribution in [1.82, 2.24) is 24.7 Å². The van der Waals surface area contributed by atoms with Crippen molar-refractivity contribution in [2.24, 2.45) is 10.2 Å². The van der Waals surface area contributed by atoms with E-state index >= 15 is 0 Å². The highest BCUT2D eigenvalue weighted by atomic mass is 32.2. The van der Waals surface area contributed by atoms with Gasteiger partial charge in [0.2, 0.25) is 0 Å². The number of nitrogens with one attached hydrogen (secondary N) is 1. The van der Waals surface area contributed by atoms with Crippen LogP contribution in [0.3, 0.4) is 0 Å². The molecule has 0 atom stereocenters. The van der Waals surface area contributed by atoms with E-state index in [1.165, 1.54) is 10.9 Å². The first-order chi connectivity index (χ1) is 16.2. The summed E-state index contributed by atoms with van der Waals surface area (Å²) in [7, 11) is 0. The summed E-state index contributed by atoms with van der Waals surface area (Å²) in [6.07, 6.45) is 4.54. The number of hydrogen-bond acceptors (Lipinski definition) is 11. The maximum atomic E-state index is 9.91. The van der Waals surface area contributed by atoms with Gasteiger partial charge < -0.3 is 10.2 Å². The Morgan fingerprint density at radius 2 is 1.91 bits per heavy atom. The number of nitrogens with zero attached hydrogens (tertiary/aromatic N) is 10. The summed E-state index contributed by atoms with van der Waals surface area (Å²) in [5.41, 5.74) is 1.80. The number of thioether (sulfide) groups is 1. The fourth-order valence-electron chi connectivity index (χ4n) is 3.39. The lowest BCUT2D eigenvalue weighted by atomic mass is 10.1. The molecular weight excluding hydrogens is 438 g/mol. The zero-order valence-corrected chi connectivity index (χ0v) is 19.0. The predicted octanol–water partition coefficient (Wildman–Crippen LogP) is 3.51. The molecule has 33 heavy (non-hydrogen) atoms. The maximum Gasteiger partial charge on any atom is 0.252 e. The molecule has 0 aromatic carbocycles. The summed E-state index contributed by atoms with van der Waals surface area (Å²) < 4.78 is 1.35. The fourth-order valence-corrected chi connectivity index (χ4v) is 4.29. The molecule has 1 aliphatic heterocycles. The van der Waals surface area contributed by atoms with Gasteiger partial charge in [-0.05, 0) is 19.9 Å². The van der Waals surface area contributed by atoms with Crippen molar-refractivity contribution in [2.75, 3.05) is 41.4 Å². The Kier molecular flexibility index (Phi) is 6.76. The van der Waals surface area contributed by atoms with Crippen LogP contribution in [0.15, 0.2) is 34.9 Å². The van der Waals surface area contributed by atoms with Crippen molar-refractivity contribution in [3.63, 3.8) is 0 Å². The standard InChI is InChI=1S/C21H21N11S/c1-3-24-18-17(14(2)16(12-23)20(28-18)31-7-9-33-10-8-31)29-30-19-15(11-22)13-27-32(19)21-25-5-4-6-26-21/h4-6,13H,3,7-10H2,1-2H3,(H,24,28). The number of hydrogen-bond donors (Lipinski definition) is 1. The lowest BCUT2D eigenvalue weighted by molar-refractivity contribution is 0.802. The molecule has 0 saturated carbocycles. The van der Waals surface area contributed by atoms with Crippen LogP contribution < -0.4 is 10.2 Å². The molecule has 3 aromatic heterocycles. The van der Waals surface area contributed by atoms with Crippen LogP contribution in [0.1, 0.15) is 23.6 Å². The van der Waals surface area contributed by atoms with Gasteiger partial charge in [0.25, 0.3) is 5.95 Å². The summed E-state index contributed by atoms with van der Waals surface area (Å²) in [4.78, 5) is 15.2. The van der Waals surface area contributed by atoms with Crippen molar-refractivity contribution in [2.45, 2.75) is 13.8 Å². The van der Waals surface area contributed by atoms with E-state index in [9.17, 15) is 10.5 Å². The minimum Gasteiger partial charge on any atom is -0.368 e. The molecule has 0 radical (unpaired) electrons. The van der Waals surface area contributed by atoms with Gasteiger partial charge in [-0.25, -0.2) is 15.0 Å². The van der Waals surface area contributed by atoms with E-state index in [1.54, 1.807) is 18.5 Å². The van der Waals surface area contributed by atoms with Crippen molar-refractivity contribution in [3.05, 3.63) is 41.3 Å². The third kappa shape index (κ3) is 4.47. The van der Waals surface area contributed by atoms with Crippen LogP contribution in [0.4, 0.5) is 23.1 Å². The SMILES string of the molecule is CCNc1nc(N2CCSCC2)c(C#N)c(C)c1N=Nc1c(C#N)cnn1-c1ncccn1. The first kappa shape index (κ1) is 22.2. The lowest BCUT2D eigenvalue weighted by Gasteiger charge is -2.29. The zero-order valence-electron chi connectivity index (χ0n) is 18.2. The van der Waals surface area contributed by atoms with E-state index in [-0.39, 0.29) is 17.3 Å². The van der Waals surface area contributed by atoms with Crippen LogP contribution >= 0.6 is 11.8 Å². The van der Waals surface area contributed by atoms with E-state index < -0.39 is 0 Å². The average molecular weight is 460 g/mol. The summed E-state index contributed by atoms with van der Waals surface area (Å²) in [6, 6.07) is 6.04. The number of azo groups is 1.